The highest BCUT2D eigenvalue weighted by atomic mass is 16.5. The summed E-state index contributed by atoms with van der Waals surface area (Å²) in [6.45, 7) is 1.10. The van der Waals surface area contributed by atoms with Crippen LogP contribution >= 0.6 is 0 Å². The van der Waals surface area contributed by atoms with Gasteiger partial charge in [0.1, 0.15) is 12.3 Å². The number of nitrogens with zero attached hydrogens (tertiary/aromatic N) is 3. The summed E-state index contributed by atoms with van der Waals surface area (Å²) in [4.78, 5) is 31.9. The molecule has 156 valence electrons. The third kappa shape index (κ3) is 3.75. The number of H-pyrrole nitrogens is 1. The predicted octanol–water partition coefficient (Wildman–Crippen LogP) is 2.90. The number of carbonyl (C=O) groups excluding carboxylic acids is 1. The zero-order valence-corrected chi connectivity index (χ0v) is 17.1. The first-order valence-corrected chi connectivity index (χ1v) is 10.2. The Morgan fingerprint density at radius 1 is 1.10 bits per heavy atom. The van der Waals surface area contributed by atoms with Crippen molar-refractivity contribution in [1.82, 2.24) is 19.5 Å². The van der Waals surface area contributed by atoms with Gasteiger partial charge in [0.2, 0.25) is 0 Å². The van der Waals surface area contributed by atoms with Crippen LogP contribution < -0.4 is 5.56 Å². The number of aromatic nitrogens is 3. The van der Waals surface area contributed by atoms with Crippen LogP contribution in [-0.4, -0.2) is 45.2 Å². The van der Waals surface area contributed by atoms with Gasteiger partial charge in [0.05, 0.1) is 5.69 Å². The zero-order chi connectivity index (χ0) is 21.4. The van der Waals surface area contributed by atoms with Gasteiger partial charge in [-0.1, -0.05) is 54.6 Å². The minimum atomic E-state index is -0.501. The van der Waals surface area contributed by atoms with Gasteiger partial charge >= 0.3 is 5.97 Å². The Labute approximate surface area is 178 Å². The number of hydrogen-bond acceptors (Lipinski definition) is 5. The molecule has 1 N–H and O–H groups in total. The van der Waals surface area contributed by atoms with Crippen molar-refractivity contribution in [2.45, 2.75) is 19.0 Å². The Morgan fingerprint density at radius 2 is 1.84 bits per heavy atom. The van der Waals surface area contributed by atoms with Crippen LogP contribution in [0.2, 0.25) is 0 Å². The molecule has 1 unspecified atom stereocenters. The van der Waals surface area contributed by atoms with Crippen LogP contribution in [0.25, 0.3) is 16.9 Å². The highest BCUT2D eigenvalue weighted by Crippen LogP contribution is 2.22. The van der Waals surface area contributed by atoms with E-state index in [2.05, 4.69) is 27.1 Å². The monoisotopic (exact) mass is 414 g/mol. The van der Waals surface area contributed by atoms with Crippen molar-refractivity contribution in [3.63, 3.8) is 0 Å². The van der Waals surface area contributed by atoms with Crippen molar-refractivity contribution in [1.29, 1.82) is 0 Å². The quantitative estimate of drug-likeness (QED) is 0.520. The summed E-state index contributed by atoms with van der Waals surface area (Å²) >= 11 is 0. The van der Waals surface area contributed by atoms with Crippen LogP contribution in [-0.2, 0) is 17.7 Å². The lowest BCUT2D eigenvalue weighted by Gasteiger charge is -2.33. The number of aromatic amines is 1. The summed E-state index contributed by atoms with van der Waals surface area (Å²) in [7, 11) is 2.03. The fourth-order valence-electron chi connectivity index (χ4n) is 4.01. The van der Waals surface area contributed by atoms with Gasteiger partial charge < -0.3 is 4.74 Å². The number of likely N-dealkylation sites (N-methyl/N-ethyl adjacent to an activating group) is 1. The molecule has 5 rings (SSSR count). The molecule has 4 aromatic rings. The molecule has 0 aliphatic carbocycles. The molecule has 0 fully saturated rings. The predicted molar refractivity (Wildman–Crippen MR) is 117 cm³/mol. The molecule has 31 heavy (non-hydrogen) atoms. The zero-order valence-electron chi connectivity index (χ0n) is 17.1. The van der Waals surface area contributed by atoms with E-state index in [0.29, 0.717) is 11.3 Å². The molecule has 0 radical (unpaired) electrons. The Balaban J connectivity index is 1.33. The minimum Gasteiger partial charge on any atom is -0.459 e. The Morgan fingerprint density at radius 3 is 2.65 bits per heavy atom. The van der Waals surface area contributed by atoms with Gasteiger partial charge in [-0.05, 0) is 24.6 Å². The summed E-state index contributed by atoms with van der Waals surface area (Å²) in [5.74, 6) is -0.501. The number of rotatable bonds is 4. The van der Waals surface area contributed by atoms with Crippen LogP contribution in [0.15, 0.2) is 71.5 Å². The second-order valence-corrected chi connectivity index (χ2v) is 7.85. The third-order valence-electron chi connectivity index (χ3n) is 5.76. The standard InChI is InChI=1S/C24H22N4O3/c1-27-14-18-10-6-5-9-17(18)11-19(27)15-31-24(30)21-12-22-25-20(13-23(29)28(22)26-21)16-7-3-2-4-8-16/h2-10,12-13,19,26H,11,14-15H2,1H3. The average Bonchev–Trinajstić information content (AvgIpc) is 3.23. The molecule has 2 aromatic heterocycles. The molecule has 3 heterocycles. The average molecular weight is 414 g/mol. The van der Waals surface area contributed by atoms with Crippen molar-refractivity contribution >= 4 is 11.6 Å². The molecule has 0 bridgehead atoms. The van der Waals surface area contributed by atoms with E-state index in [4.69, 9.17) is 4.74 Å². The van der Waals surface area contributed by atoms with Crippen molar-refractivity contribution in [2.75, 3.05) is 13.7 Å². The first kappa shape index (κ1) is 19.3. The first-order valence-electron chi connectivity index (χ1n) is 10.2. The van der Waals surface area contributed by atoms with Gasteiger partial charge in [0.25, 0.3) is 5.56 Å². The molecule has 2 aromatic carbocycles. The van der Waals surface area contributed by atoms with E-state index < -0.39 is 5.97 Å². The molecule has 0 saturated carbocycles. The van der Waals surface area contributed by atoms with Crippen LogP contribution in [0.5, 0.6) is 0 Å². The fourth-order valence-corrected chi connectivity index (χ4v) is 4.01. The number of carbonyl (C=O) groups is 1. The van der Waals surface area contributed by atoms with Crippen molar-refractivity contribution < 1.29 is 9.53 Å². The third-order valence-corrected chi connectivity index (χ3v) is 5.76. The second-order valence-electron chi connectivity index (χ2n) is 7.85. The van der Waals surface area contributed by atoms with Crippen molar-refractivity contribution in [3.05, 3.63) is 93.9 Å². The van der Waals surface area contributed by atoms with E-state index in [-0.39, 0.29) is 23.9 Å². The van der Waals surface area contributed by atoms with Gasteiger partial charge in [0.15, 0.2) is 5.65 Å². The minimum absolute atomic E-state index is 0.105. The van der Waals surface area contributed by atoms with Crippen LogP contribution in [0, 0.1) is 0 Å². The van der Waals surface area contributed by atoms with E-state index in [0.717, 1.165) is 18.5 Å². The molecule has 0 spiro atoms. The normalized spacial score (nSPS) is 16.2. The molecule has 1 aliphatic heterocycles. The maximum atomic E-state index is 12.7. The molecular weight excluding hydrogens is 392 g/mol. The van der Waals surface area contributed by atoms with E-state index >= 15 is 0 Å². The SMILES string of the molecule is CN1Cc2ccccc2CC1COC(=O)c1cc2nc(-c3ccccc3)cc(=O)n2[nH]1. The maximum Gasteiger partial charge on any atom is 0.356 e. The Hall–Kier alpha value is -3.71. The summed E-state index contributed by atoms with van der Waals surface area (Å²) in [6.07, 6.45) is 0.827. The van der Waals surface area contributed by atoms with Crippen LogP contribution in [0.1, 0.15) is 21.6 Å². The van der Waals surface area contributed by atoms with E-state index in [9.17, 15) is 9.59 Å². The van der Waals surface area contributed by atoms with Crippen molar-refractivity contribution in [2.24, 2.45) is 0 Å². The molecule has 1 aliphatic rings. The van der Waals surface area contributed by atoms with E-state index in [1.54, 1.807) is 6.07 Å². The first-order chi connectivity index (χ1) is 15.1. The summed E-state index contributed by atoms with van der Waals surface area (Å²) in [5, 5.41) is 2.81. The second kappa shape index (κ2) is 7.85. The van der Waals surface area contributed by atoms with Gasteiger partial charge in [0, 0.05) is 30.3 Å². The number of nitrogens with one attached hydrogen (secondary N) is 1. The molecule has 0 amide bonds. The van der Waals surface area contributed by atoms with Crippen LogP contribution in [0.3, 0.4) is 0 Å². The number of hydrogen-bond donors (Lipinski definition) is 1. The number of esters is 1. The molecule has 0 saturated heterocycles. The van der Waals surface area contributed by atoms with E-state index in [1.165, 1.54) is 21.7 Å². The molecular formula is C24H22N4O3. The van der Waals surface area contributed by atoms with Gasteiger partial charge in [-0.15, -0.1) is 0 Å². The Kier molecular flexibility index (Phi) is 4.88. The molecule has 1 atom stereocenters. The highest BCUT2D eigenvalue weighted by molar-refractivity contribution is 5.88. The highest BCUT2D eigenvalue weighted by Gasteiger charge is 2.25. The lowest BCUT2D eigenvalue weighted by molar-refractivity contribution is 0.0350. The summed E-state index contributed by atoms with van der Waals surface area (Å²) in [6, 6.07) is 20.9. The fraction of sp³-hybridized carbons (Fsp3) is 0.208. The number of fused-ring (bicyclic) bond motifs is 2. The van der Waals surface area contributed by atoms with E-state index in [1.807, 2.05) is 49.5 Å². The molecule has 7 heteroatoms. The number of ether oxygens (including phenoxy) is 1. The Bertz CT molecular complexity index is 1310. The van der Waals surface area contributed by atoms with Crippen LogP contribution in [0.4, 0.5) is 0 Å². The topological polar surface area (TPSA) is 79.7 Å². The van der Waals surface area contributed by atoms with Gasteiger partial charge in [-0.2, -0.15) is 0 Å². The van der Waals surface area contributed by atoms with Gasteiger partial charge in [-0.25, -0.2) is 14.3 Å². The number of benzene rings is 2. The maximum absolute atomic E-state index is 12.7. The van der Waals surface area contributed by atoms with Crippen molar-refractivity contribution in [3.8, 4) is 11.3 Å². The van der Waals surface area contributed by atoms with Gasteiger partial charge in [-0.3, -0.25) is 14.8 Å². The molecule has 7 nitrogen and oxygen atoms in total. The lowest BCUT2D eigenvalue weighted by Crippen LogP contribution is -2.41. The summed E-state index contributed by atoms with van der Waals surface area (Å²) < 4.78 is 6.84. The smallest absolute Gasteiger partial charge is 0.356 e. The summed E-state index contributed by atoms with van der Waals surface area (Å²) in [5.41, 5.74) is 4.29. The largest absolute Gasteiger partial charge is 0.459 e. The lowest BCUT2D eigenvalue weighted by atomic mass is 9.95.